The lowest BCUT2D eigenvalue weighted by atomic mass is 10.1. The third-order valence-electron chi connectivity index (χ3n) is 5.41. The summed E-state index contributed by atoms with van der Waals surface area (Å²) in [5.74, 6) is -0.0664. The highest BCUT2D eigenvalue weighted by Gasteiger charge is 2.32. The van der Waals surface area contributed by atoms with Gasteiger partial charge in [0.15, 0.2) is 0 Å². The SMILES string of the molecule is Cc1nn(C)c(C)c1S(=O)(=O)N1CCCN(C(=O)c2ccc(N(C)C)cc2)CC1. The maximum Gasteiger partial charge on any atom is 0.253 e. The molecule has 3 rings (SSSR count). The number of amides is 1. The highest BCUT2D eigenvalue weighted by Crippen LogP contribution is 2.24. The molecule has 0 unspecified atom stereocenters. The molecule has 9 heteroatoms. The van der Waals surface area contributed by atoms with Crippen LogP contribution in [0.3, 0.4) is 0 Å². The third kappa shape index (κ3) is 4.16. The average molecular weight is 420 g/mol. The van der Waals surface area contributed by atoms with E-state index >= 15 is 0 Å². The van der Waals surface area contributed by atoms with Crippen molar-refractivity contribution in [2.45, 2.75) is 25.2 Å². The van der Waals surface area contributed by atoms with E-state index in [9.17, 15) is 13.2 Å². The first-order valence-electron chi connectivity index (χ1n) is 9.70. The van der Waals surface area contributed by atoms with Crippen LogP contribution in [0.15, 0.2) is 29.2 Å². The van der Waals surface area contributed by atoms with Crippen molar-refractivity contribution >= 4 is 21.6 Å². The number of anilines is 1. The summed E-state index contributed by atoms with van der Waals surface area (Å²) in [6.45, 7) is 5.04. The maximum atomic E-state index is 13.2. The Bertz CT molecular complexity index is 996. The number of benzene rings is 1. The smallest absolute Gasteiger partial charge is 0.253 e. The lowest BCUT2D eigenvalue weighted by molar-refractivity contribution is 0.0764. The summed E-state index contributed by atoms with van der Waals surface area (Å²) in [7, 11) is 2.00. The van der Waals surface area contributed by atoms with Gasteiger partial charge in [-0.25, -0.2) is 8.42 Å². The Balaban J connectivity index is 1.75. The number of carbonyl (C=O) groups is 1. The zero-order valence-electron chi connectivity index (χ0n) is 17.7. The number of nitrogens with zero attached hydrogens (tertiary/aromatic N) is 5. The van der Waals surface area contributed by atoms with E-state index in [-0.39, 0.29) is 17.3 Å². The van der Waals surface area contributed by atoms with E-state index in [1.165, 1.54) is 4.31 Å². The van der Waals surface area contributed by atoms with Crippen LogP contribution < -0.4 is 4.90 Å². The minimum absolute atomic E-state index is 0.0664. The second-order valence-electron chi connectivity index (χ2n) is 7.61. The van der Waals surface area contributed by atoms with Crippen molar-refractivity contribution in [3.63, 3.8) is 0 Å². The van der Waals surface area contributed by atoms with Crippen molar-refractivity contribution in [2.75, 3.05) is 45.2 Å². The van der Waals surface area contributed by atoms with Crippen LogP contribution >= 0.6 is 0 Å². The molecule has 1 fully saturated rings. The number of aryl methyl sites for hydroxylation is 2. The number of carbonyl (C=O) groups excluding carboxylic acids is 1. The van der Waals surface area contributed by atoms with Gasteiger partial charge < -0.3 is 9.80 Å². The van der Waals surface area contributed by atoms with E-state index in [2.05, 4.69) is 5.10 Å². The molecule has 1 saturated heterocycles. The molecule has 1 aromatic carbocycles. The zero-order valence-corrected chi connectivity index (χ0v) is 18.5. The first kappa shape index (κ1) is 21.3. The van der Waals surface area contributed by atoms with Gasteiger partial charge in [0.05, 0.1) is 11.4 Å². The number of hydrogen-bond donors (Lipinski definition) is 0. The zero-order chi connectivity index (χ0) is 21.3. The van der Waals surface area contributed by atoms with Gasteiger partial charge in [-0.1, -0.05) is 0 Å². The summed E-state index contributed by atoms with van der Waals surface area (Å²) in [4.78, 5) is 16.9. The predicted octanol–water partition coefficient (Wildman–Crippen LogP) is 1.64. The Morgan fingerprint density at radius 1 is 1.03 bits per heavy atom. The Hall–Kier alpha value is -2.39. The molecule has 158 valence electrons. The number of rotatable bonds is 4. The lowest BCUT2D eigenvalue weighted by Crippen LogP contribution is -2.37. The van der Waals surface area contributed by atoms with Crippen molar-refractivity contribution in [2.24, 2.45) is 7.05 Å². The van der Waals surface area contributed by atoms with Gasteiger partial charge in [-0.2, -0.15) is 9.40 Å². The molecule has 8 nitrogen and oxygen atoms in total. The van der Waals surface area contributed by atoms with E-state index in [4.69, 9.17) is 0 Å². The van der Waals surface area contributed by atoms with E-state index in [1.54, 1.807) is 30.5 Å². The number of hydrogen-bond acceptors (Lipinski definition) is 5. The number of sulfonamides is 1. The summed E-state index contributed by atoms with van der Waals surface area (Å²) in [5, 5.41) is 4.24. The van der Waals surface area contributed by atoms with Gasteiger partial charge in [-0.05, 0) is 44.5 Å². The molecule has 0 atom stereocenters. The van der Waals surface area contributed by atoms with E-state index in [0.717, 1.165) is 5.69 Å². The molecular weight excluding hydrogens is 390 g/mol. The van der Waals surface area contributed by atoms with Crippen LogP contribution in [-0.4, -0.2) is 73.6 Å². The molecule has 0 spiro atoms. The molecule has 29 heavy (non-hydrogen) atoms. The fraction of sp³-hybridized carbons (Fsp3) is 0.500. The predicted molar refractivity (Wildman–Crippen MR) is 113 cm³/mol. The highest BCUT2D eigenvalue weighted by molar-refractivity contribution is 7.89. The first-order valence-corrected chi connectivity index (χ1v) is 11.1. The molecular formula is C20H29N5O3S. The summed E-state index contributed by atoms with van der Waals surface area (Å²) >= 11 is 0. The molecule has 2 aromatic rings. The van der Waals surface area contributed by atoms with Crippen LogP contribution in [0.1, 0.15) is 28.2 Å². The third-order valence-corrected chi connectivity index (χ3v) is 7.56. The summed E-state index contributed by atoms with van der Waals surface area (Å²) < 4.78 is 29.5. The van der Waals surface area contributed by atoms with Crippen molar-refractivity contribution in [3.8, 4) is 0 Å². The molecule has 0 saturated carbocycles. The molecule has 1 aliphatic rings. The first-order chi connectivity index (χ1) is 13.6. The van der Waals surface area contributed by atoms with Crippen molar-refractivity contribution in [3.05, 3.63) is 41.2 Å². The van der Waals surface area contributed by atoms with Crippen LogP contribution in [0.25, 0.3) is 0 Å². The van der Waals surface area contributed by atoms with Crippen molar-refractivity contribution in [1.82, 2.24) is 19.0 Å². The monoisotopic (exact) mass is 419 g/mol. The summed E-state index contributed by atoms with van der Waals surface area (Å²) in [6.07, 6.45) is 0.596. The molecule has 0 bridgehead atoms. The molecule has 2 heterocycles. The van der Waals surface area contributed by atoms with Crippen LogP contribution in [0.4, 0.5) is 5.69 Å². The second-order valence-corrected chi connectivity index (χ2v) is 9.49. The van der Waals surface area contributed by atoms with Gasteiger partial charge in [-0.15, -0.1) is 0 Å². The van der Waals surface area contributed by atoms with Gasteiger partial charge in [-0.3, -0.25) is 9.48 Å². The normalized spacial score (nSPS) is 16.0. The van der Waals surface area contributed by atoms with Gasteiger partial charge >= 0.3 is 0 Å². The van der Waals surface area contributed by atoms with E-state index < -0.39 is 10.0 Å². The Labute approximate surface area is 172 Å². The van der Waals surface area contributed by atoms with Crippen molar-refractivity contribution < 1.29 is 13.2 Å². The lowest BCUT2D eigenvalue weighted by Gasteiger charge is -2.22. The van der Waals surface area contributed by atoms with Gasteiger partial charge in [0.2, 0.25) is 10.0 Å². The molecule has 0 N–H and O–H groups in total. The minimum Gasteiger partial charge on any atom is -0.378 e. The van der Waals surface area contributed by atoms with Crippen LogP contribution in [-0.2, 0) is 17.1 Å². The standard InChI is InChI=1S/C20H29N5O3S/c1-15-19(16(2)23(5)21-15)29(27,28)25-12-6-11-24(13-14-25)20(26)17-7-9-18(10-8-17)22(3)4/h7-10H,6,11-14H2,1-5H3. The topological polar surface area (TPSA) is 78.8 Å². The minimum atomic E-state index is -3.65. The second kappa shape index (κ2) is 8.16. The Morgan fingerprint density at radius 3 is 2.24 bits per heavy atom. The molecule has 0 aliphatic carbocycles. The largest absolute Gasteiger partial charge is 0.378 e. The molecule has 1 aliphatic heterocycles. The van der Waals surface area contributed by atoms with Gasteiger partial charge in [0.1, 0.15) is 4.90 Å². The average Bonchev–Trinajstić information content (AvgIpc) is 2.85. The van der Waals surface area contributed by atoms with Crippen LogP contribution in [0.2, 0.25) is 0 Å². The van der Waals surface area contributed by atoms with Gasteiger partial charge in [0, 0.05) is 58.6 Å². The van der Waals surface area contributed by atoms with E-state index in [0.29, 0.717) is 43.0 Å². The summed E-state index contributed by atoms with van der Waals surface area (Å²) in [5.41, 5.74) is 2.77. The fourth-order valence-electron chi connectivity index (χ4n) is 3.68. The van der Waals surface area contributed by atoms with Crippen molar-refractivity contribution in [1.29, 1.82) is 0 Å². The number of aromatic nitrogens is 2. The summed E-state index contributed by atoms with van der Waals surface area (Å²) in [6, 6.07) is 7.46. The maximum absolute atomic E-state index is 13.2. The Kier molecular flexibility index (Phi) is 6.00. The Morgan fingerprint density at radius 2 is 1.69 bits per heavy atom. The van der Waals surface area contributed by atoms with E-state index in [1.807, 2.05) is 43.3 Å². The molecule has 1 amide bonds. The highest BCUT2D eigenvalue weighted by atomic mass is 32.2. The fourth-order valence-corrected chi connectivity index (χ4v) is 5.55. The molecule has 0 radical (unpaired) electrons. The van der Waals surface area contributed by atoms with Crippen LogP contribution in [0, 0.1) is 13.8 Å². The van der Waals surface area contributed by atoms with Gasteiger partial charge in [0.25, 0.3) is 5.91 Å². The quantitative estimate of drug-likeness (QED) is 0.753. The van der Waals surface area contributed by atoms with Crippen LogP contribution in [0.5, 0.6) is 0 Å². The molecule has 1 aromatic heterocycles.